The minimum absolute atomic E-state index is 0.507. The van der Waals surface area contributed by atoms with Gasteiger partial charge in [0, 0.05) is 6.54 Å². The highest BCUT2D eigenvalue weighted by molar-refractivity contribution is 7.15. The van der Waals surface area contributed by atoms with Gasteiger partial charge in [0.15, 0.2) is 0 Å². The van der Waals surface area contributed by atoms with Crippen molar-refractivity contribution in [2.45, 2.75) is 25.6 Å². The minimum atomic E-state index is -0.790. The number of carbonyl (C=O) groups is 1. The van der Waals surface area contributed by atoms with E-state index in [1.165, 1.54) is 16.9 Å². The summed E-state index contributed by atoms with van der Waals surface area (Å²) in [5.74, 6) is -0.790. The highest BCUT2D eigenvalue weighted by Crippen LogP contribution is 2.27. The van der Waals surface area contributed by atoms with E-state index in [1.807, 2.05) is 23.1 Å². The van der Waals surface area contributed by atoms with Gasteiger partial charge in [-0.2, -0.15) is 0 Å². The highest BCUT2D eigenvalue weighted by Gasteiger charge is 2.31. The monoisotopic (exact) mass is 308 g/mol. The van der Waals surface area contributed by atoms with Gasteiger partial charge in [-0.3, -0.25) is 9.69 Å². The lowest BCUT2D eigenvalue weighted by Crippen LogP contribution is -2.44. The summed E-state index contributed by atoms with van der Waals surface area (Å²) in [6.45, 7) is 1.15. The first-order chi connectivity index (χ1) is 9.63. The number of hydrogen-bond acceptors (Lipinski definition) is 4. The largest absolute Gasteiger partial charge is 0.480 e. The van der Waals surface area contributed by atoms with Gasteiger partial charge in [-0.05, 0) is 17.5 Å². The van der Waals surface area contributed by atoms with Crippen LogP contribution in [0.3, 0.4) is 0 Å². The van der Waals surface area contributed by atoms with E-state index in [4.69, 9.17) is 11.6 Å². The molecule has 2 aromatic rings. The number of rotatable bonds is 3. The summed E-state index contributed by atoms with van der Waals surface area (Å²) in [6.07, 6.45) is 2.14. The zero-order chi connectivity index (χ0) is 14.1. The molecule has 1 aliphatic heterocycles. The van der Waals surface area contributed by atoms with Gasteiger partial charge in [0.2, 0.25) is 0 Å². The molecule has 6 heteroatoms. The number of hydrogen-bond donors (Lipinski definition) is 1. The van der Waals surface area contributed by atoms with Crippen molar-refractivity contribution in [3.63, 3.8) is 0 Å². The molecule has 0 saturated heterocycles. The van der Waals surface area contributed by atoms with Crippen molar-refractivity contribution in [3.8, 4) is 0 Å². The topological polar surface area (TPSA) is 53.4 Å². The molecular weight excluding hydrogens is 296 g/mol. The first-order valence-electron chi connectivity index (χ1n) is 6.27. The molecule has 0 spiro atoms. The molecule has 0 aliphatic carbocycles. The van der Waals surface area contributed by atoms with Crippen molar-refractivity contribution < 1.29 is 9.90 Å². The summed E-state index contributed by atoms with van der Waals surface area (Å²) in [7, 11) is 0. The van der Waals surface area contributed by atoms with Crippen LogP contribution in [0.5, 0.6) is 0 Å². The maximum Gasteiger partial charge on any atom is 0.321 e. The Labute approximate surface area is 125 Å². The first-order valence-corrected chi connectivity index (χ1v) is 7.47. The third kappa shape index (κ3) is 2.70. The molecule has 1 unspecified atom stereocenters. The van der Waals surface area contributed by atoms with E-state index in [0.717, 1.165) is 10.6 Å². The van der Waals surface area contributed by atoms with E-state index in [0.29, 0.717) is 23.8 Å². The maximum absolute atomic E-state index is 11.5. The van der Waals surface area contributed by atoms with Crippen molar-refractivity contribution in [2.75, 3.05) is 0 Å². The first kappa shape index (κ1) is 13.5. The fourth-order valence-corrected chi connectivity index (χ4v) is 3.50. The van der Waals surface area contributed by atoms with Crippen LogP contribution in [-0.4, -0.2) is 27.0 Å². The standard InChI is InChI=1S/C14H13ClN2O2S/c15-12-6-16-13(20-12)8-17-7-10-4-2-1-3-9(10)5-11(17)14(18)19/h1-4,6,11H,5,7-8H2,(H,18,19). The van der Waals surface area contributed by atoms with Crippen molar-refractivity contribution in [1.82, 2.24) is 9.88 Å². The lowest BCUT2D eigenvalue weighted by atomic mass is 9.94. The molecule has 2 heterocycles. The third-order valence-corrected chi connectivity index (χ3v) is 4.59. The van der Waals surface area contributed by atoms with Gasteiger partial charge >= 0.3 is 5.97 Å². The fourth-order valence-electron chi connectivity index (χ4n) is 2.52. The zero-order valence-corrected chi connectivity index (χ0v) is 12.2. The van der Waals surface area contributed by atoms with E-state index >= 15 is 0 Å². The number of aromatic nitrogens is 1. The van der Waals surface area contributed by atoms with Gasteiger partial charge < -0.3 is 5.11 Å². The Morgan fingerprint density at radius 3 is 2.85 bits per heavy atom. The molecule has 20 heavy (non-hydrogen) atoms. The Kier molecular flexibility index (Phi) is 3.74. The number of carboxylic acids is 1. The average Bonchev–Trinajstić information content (AvgIpc) is 2.83. The summed E-state index contributed by atoms with van der Waals surface area (Å²) in [5, 5.41) is 10.3. The van der Waals surface area contributed by atoms with Crippen LogP contribution in [0.1, 0.15) is 16.1 Å². The number of aliphatic carboxylic acids is 1. The predicted octanol–water partition coefficient (Wildman–Crippen LogP) is 2.81. The second-order valence-corrected chi connectivity index (χ2v) is 6.54. The van der Waals surface area contributed by atoms with Gasteiger partial charge in [-0.25, -0.2) is 4.98 Å². The zero-order valence-electron chi connectivity index (χ0n) is 10.6. The van der Waals surface area contributed by atoms with E-state index < -0.39 is 12.0 Å². The molecule has 1 aliphatic rings. The fraction of sp³-hybridized carbons (Fsp3) is 0.286. The molecule has 0 saturated carbocycles. The Hall–Kier alpha value is -1.43. The predicted molar refractivity (Wildman–Crippen MR) is 77.9 cm³/mol. The maximum atomic E-state index is 11.5. The van der Waals surface area contributed by atoms with E-state index in [1.54, 1.807) is 6.20 Å². The molecule has 4 nitrogen and oxygen atoms in total. The van der Waals surface area contributed by atoms with Crippen LogP contribution in [0.2, 0.25) is 4.34 Å². The van der Waals surface area contributed by atoms with Crippen LogP contribution in [-0.2, 0) is 24.3 Å². The number of fused-ring (bicyclic) bond motifs is 1. The second-order valence-electron chi connectivity index (χ2n) is 4.79. The Bertz CT molecular complexity index is 644. The number of nitrogens with zero attached hydrogens (tertiary/aromatic N) is 2. The third-order valence-electron chi connectivity index (χ3n) is 3.49. The number of thiazole rings is 1. The van der Waals surface area contributed by atoms with Gasteiger partial charge in [-0.1, -0.05) is 35.9 Å². The van der Waals surface area contributed by atoms with Gasteiger partial charge in [0.05, 0.1) is 12.7 Å². The SMILES string of the molecule is O=C(O)C1Cc2ccccc2CN1Cc1ncc(Cl)s1. The van der Waals surface area contributed by atoms with E-state index in [2.05, 4.69) is 11.1 Å². The van der Waals surface area contributed by atoms with Crippen LogP contribution in [0, 0.1) is 0 Å². The molecule has 104 valence electrons. The normalized spacial score (nSPS) is 18.8. The van der Waals surface area contributed by atoms with Gasteiger partial charge in [0.1, 0.15) is 15.4 Å². The van der Waals surface area contributed by atoms with Crippen LogP contribution in [0.15, 0.2) is 30.5 Å². The summed E-state index contributed by atoms with van der Waals surface area (Å²) >= 11 is 7.28. The number of halogens is 1. The number of benzene rings is 1. The lowest BCUT2D eigenvalue weighted by molar-refractivity contribution is -0.144. The van der Waals surface area contributed by atoms with Gasteiger partial charge in [0.25, 0.3) is 0 Å². The average molecular weight is 309 g/mol. The van der Waals surface area contributed by atoms with E-state index in [-0.39, 0.29) is 0 Å². The van der Waals surface area contributed by atoms with Crippen molar-refractivity contribution >= 4 is 28.9 Å². The summed E-state index contributed by atoms with van der Waals surface area (Å²) in [5.41, 5.74) is 2.31. The van der Waals surface area contributed by atoms with Gasteiger partial charge in [-0.15, -0.1) is 11.3 Å². The Balaban J connectivity index is 1.86. The quantitative estimate of drug-likeness (QED) is 0.947. The van der Waals surface area contributed by atoms with Crippen LogP contribution in [0.25, 0.3) is 0 Å². The second kappa shape index (κ2) is 5.52. The van der Waals surface area contributed by atoms with Crippen molar-refractivity contribution in [2.24, 2.45) is 0 Å². The summed E-state index contributed by atoms with van der Waals surface area (Å²) in [6, 6.07) is 7.48. The molecular formula is C14H13ClN2O2S. The van der Waals surface area contributed by atoms with Crippen molar-refractivity contribution in [3.05, 3.63) is 50.9 Å². The number of carboxylic acid groups (broad SMARTS) is 1. The van der Waals surface area contributed by atoms with Crippen molar-refractivity contribution in [1.29, 1.82) is 0 Å². The highest BCUT2D eigenvalue weighted by atomic mass is 35.5. The summed E-state index contributed by atoms with van der Waals surface area (Å²) < 4.78 is 0.629. The molecule has 0 fully saturated rings. The molecule has 1 N–H and O–H groups in total. The molecule has 1 aromatic heterocycles. The summed E-state index contributed by atoms with van der Waals surface area (Å²) in [4.78, 5) is 17.6. The lowest BCUT2D eigenvalue weighted by Gasteiger charge is -2.33. The van der Waals surface area contributed by atoms with Crippen LogP contribution >= 0.6 is 22.9 Å². The molecule has 3 rings (SSSR count). The molecule has 1 atom stereocenters. The molecule has 1 aromatic carbocycles. The minimum Gasteiger partial charge on any atom is -0.480 e. The molecule has 0 radical (unpaired) electrons. The van der Waals surface area contributed by atoms with Crippen LogP contribution in [0.4, 0.5) is 0 Å². The Morgan fingerprint density at radius 2 is 2.20 bits per heavy atom. The molecule has 0 amide bonds. The Morgan fingerprint density at radius 1 is 1.45 bits per heavy atom. The molecule has 0 bridgehead atoms. The van der Waals surface area contributed by atoms with Crippen LogP contribution < -0.4 is 0 Å². The smallest absolute Gasteiger partial charge is 0.321 e. The van der Waals surface area contributed by atoms with E-state index in [9.17, 15) is 9.90 Å².